The van der Waals surface area contributed by atoms with E-state index in [1.807, 2.05) is 0 Å². The normalized spacial score (nSPS) is 11.3. The van der Waals surface area contributed by atoms with Gasteiger partial charge in [-0.15, -0.1) is 0 Å². The Morgan fingerprint density at radius 3 is 2.72 bits per heavy atom. The molecule has 4 nitrogen and oxygen atoms in total. The van der Waals surface area contributed by atoms with Gasteiger partial charge in [0, 0.05) is 12.8 Å². The maximum atomic E-state index is 13.5. The zero-order valence-electron chi connectivity index (χ0n) is 9.74. The molecular formula is C11H13BrFNO3S. The second-order valence-electron chi connectivity index (χ2n) is 3.84. The number of carbonyl (C=O) groups is 1. The smallest absolute Gasteiger partial charge is 0.254 e. The van der Waals surface area contributed by atoms with Crippen LogP contribution in [0.1, 0.15) is 16.8 Å². The number of hydrogen-bond donors (Lipinski definition) is 1. The van der Waals surface area contributed by atoms with Gasteiger partial charge in [-0.3, -0.25) is 4.79 Å². The maximum absolute atomic E-state index is 13.5. The molecule has 1 amide bonds. The van der Waals surface area contributed by atoms with Gasteiger partial charge in [0.15, 0.2) is 0 Å². The van der Waals surface area contributed by atoms with Crippen molar-refractivity contribution in [3.63, 3.8) is 0 Å². The minimum Gasteiger partial charge on any atom is -0.352 e. The molecule has 18 heavy (non-hydrogen) atoms. The van der Waals surface area contributed by atoms with Gasteiger partial charge in [-0.05, 0) is 34.5 Å². The maximum Gasteiger partial charge on any atom is 0.254 e. The number of hydrogen-bond acceptors (Lipinski definition) is 3. The topological polar surface area (TPSA) is 63.2 Å². The van der Waals surface area contributed by atoms with Crippen LogP contribution in [-0.2, 0) is 9.84 Å². The molecule has 0 aliphatic heterocycles. The summed E-state index contributed by atoms with van der Waals surface area (Å²) in [5, 5.41) is 2.48. The molecule has 7 heteroatoms. The van der Waals surface area contributed by atoms with E-state index in [9.17, 15) is 17.6 Å². The summed E-state index contributed by atoms with van der Waals surface area (Å²) in [4.78, 5) is 11.6. The standard InChI is InChI=1S/C11H13BrFNO3S/c1-18(16,17)7-3-6-14-11(15)8-4-2-5-9(12)10(8)13/h2,4-5H,3,6-7H2,1H3,(H,14,15). The van der Waals surface area contributed by atoms with E-state index in [2.05, 4.69) is 21.2 Å². The van der Waals surface area contributed by atoms with Crippen LogP contribution in [0.15, 0.2) is 22.7 Å². The van der Waals surface area contributed by atoms with Gasteiger partial charge < -0.3 is 5.32 Å². The fraction of sp³-hybridized carbons (Fsp3) is 0.364. The van der Waals surface area contributed by atoms with Crippen LogP contribution in [0.2, 0.25) is 0 Å². The van der Waals surface area contributed by atoms with Crippen molar-refractivity contribution >= 4 is 31.7 Å². The highest BCUT2D eigenvalue weighted by atomic mass is 79.9. The molecule has 0 bridgehead atoms. The highest BCUT2D eigenvalue weighted by molar-refractivity contribution is 9.10. The first-order valence-corrected chi connectivity index (χ1v) is 8.06. The zero-order chi connectivity index (χ0) is 13.8. The van der Waals surface area contributed by atoms with Crippen molar-refractivity contribution in [3.8, 4) is 0 Å². The molecule has 0 spiro atoms. The van der Waals surface area contributed by atoms with Crippen molar-refractivity contribution < 1.29 is 17.6 Å². The molecule has 1 N–H and O–H groups in total. The van der Waals surface area contributed by atoms with Gasteiger partial charge in [0.1, 0.15) is 15.7 Å². The van der Waals surface area contributed by atoms with Crippen LogP contribution < -0.4 is 5.32 Å². The van der Waals surface area contributed by atoms with E-state index >= 15 is 0 Å². The molecule has 100 valence electrons. The summed E-state index contributed by atoms with van der Waals surface area (Å²) < 4.78 is 35.5. The van der Waals surface area contributed by atoms with Crippen molar-refractivity contribution in [3.05, 3.63) is 34.1 Å². The summed E-state index contributed by atoms with van der Waals surface area (Å²) in [6.07, 6.45) is 1.43. The van der Waals surface area contributed by atoms with Crippen LogP contribution in [0.3, 0.4) is 0 Å². The van der Waals surface area contributed by atoms with Gasteiger partial charge in [0.25, 0.3) is 5.91 Å². The molecule has 1 aromatic rings. The van der Waals surface area contributed by atoms with Crippen LogP contribution in [0, 0.1) is 5.82 Å². The predicted molar refractivity (Wildman–Crippen MR) is 70.8 cm³/mol. The molecule has 0 aliphatic rings. The number of amides is 1. The van der Waals surface area contributed by atoms with Gasteiger partial charge in [-0.25, -0.2) is 12.8 Å². The highest BCUT2D eigenvalue weighted by Gasteiger charge is 2.13. The molecular weight excluding hydrogens is 325 g/mol. The molecule has 0 aliphatic carbocycles. The summed E-state index contributed by atoms with van der Waals surface area (Å²) in [6, 6.07) is 4.42. The summed E-state index contributed by atoms with van der Waals surface area (Å²) in [5.74, 6) is -1.19. The van der Waals surface area contributed by atoms with Gasteiger partial charge in [0.05, 0.1) is 15.8 Å². The Kier molecular flexibility index (Phi) is 5.28. The second kappa shape index (κ2) is 6.29. The molecule has 0 fully saturated rings. The average Bonchev–Trinajstić information content (AvgIpc) is 2.26. The zero-order valence-corrected chi connectivity index (χ0v) is 12.1. The lowest BCUT2D eigenvalue weighted by Gasteiger charge is -2.06. The van der Waals surface area contributed by atoms with Gasteiger partial charge >= 0.3 is 0 Å². The number of halogens is 2. The first-order valence-electron chi connectivity index (χ1n) is 5.21. The Labute approximate surface area is 114 Å². The second-order valence-corrected chi connectivity index (χ2v) is 6.95. The molecule has 0 saturated heterocycles. The number of benzene rings is 1. The van der Waals surface area contributed by atoms with Crippen LogP contribution in [0.5, 0.6) is 0 Å². The van der Waals surface area contributed by atoms with E-state index in [1.165, 1.54) is 12.1 Å². The molecule has 0 radical (unpaired) electrons. The minimum atomic E-state index is -3.03. The molecule has 1 aromatic carbocycles. The lowest BCUT2D eigenvalue weighted by atomic mass is 10.2. The molecule has 0 unspecified atom stereocenters. The summed E-state index contributed by atoms with van der Waals surface area (Å²) in [5.41, 5.74) is -0.0660. The van der Waals surface area contributed by atoms with Gasteiger partial charge in [-0.2, -0.15) is 0 Å². The minimum absolute atomic E-state index is 0.00571. The van der Waals surface area contributed by atoms with Crippen LogP contribution in [-0.4, -0.2) is 32.9 Å². The summed E-state index contributed by atoms with van der Waals surface area (Å²) >= 11 is 2.99. The predicted octanol–water partition coefficient (Wildman–Crippen LogP) is 1.75. The lowest BCUT2D eigenvalue weighted by molar-refractivity contribution is 0.0949. The number of nitrogens with one attached hydrogen (secondary N) is 1. The van der Waals surface area contributed by atoms with E-state index in [4.69, 9.17) is 0 Å². The van der Waals surface area contributed by atoms with Gasteiger partial charge in [0.2, 0.25) is 0 Å². The quantitative estimate of drug-likeness (QED) is 0.832. The van der Waals surface area contributed by atoms with E-state index in [-0.39, 0.29) is 22.3 Å². The Hall–Kier alpha value is -0.950. The molecule has 0 atom stereocenters. The van der Waals surface area contributed by atoms with Crippen molar-refractivity contribution in [1.82, 2.24) is 5.32 Å². The summed E-state index contributed by atoms with van der Waals surface area (Å²) in [7, 11) is -3.03. The highest BCUT2D eigenvalue weighted by Crippen LogP contribution is 2.18. The first kappa shape index (κ1) is 15.1. The molecule has 0 saturated carbocycles. The SMILES string of the molecule is CS(=O)(=O)CCCNC(=O)c1cccc(Br)c1F. The largest absolute Gasteiger partial charge is 0.352 e. The third kappa shape index (κ3) is 4.73. The Morgan fingerprint density at radius 1 is 1.44 bits per heavy atom. The van der Waals surface area contributed by atoms with E-state index in [0.29, 0.717) is 6.42 Å². The van der Waals surface area contributed by atoms with Crippen molar-refractivity contribution in [2.24, 2.45) is 0 Å². The Morgan fingerprint density at radius 2 is 2.11 bits per heavy atom. The van der Waals surface area contributed by atoms with Crippen molar-refractivity contribution in [2.75, 3.05) is 18.6 Å². The van der Waals surface area contributed by atoms with Gasteiger partial charge in [-0.1, -0.05) is 6.07 Å². The van der Waals surface area contributed by atoms with Crippen molar-refractivity contribution in [1.29, 1.82) is 0 Å². The van der Waals surface area contributed by atoms with Crippen LogP contribution >= 0.6 is 15.9 Å². The molecule has 0 heterocycles. The monoisotopic (exact) mass is 337 g/mol. The first-order chi connectivity index (χ1) is 8.31. The average molecular weight is 338 g/mol. The van der Waals surface area contributed by atoms with Crippen LogP contribution in [0.4, 0.5) is 4.39 Å². The molecule has 0 aromatic heterocycles. The lowest BCUT2D eigenvalue weighted by Crippen LogP contribution is -2.26. The third-order valence-electron chi connectivity index (χ3n) is 2.17. The van der Waals surface area contributed by atoms with E-state index in [0.717, 1.165) is 6.26 Å². The fourth-order valence-corrected chi connectivity index (χ4v) is 2.35. The Balaban J connectivity index is 2.54. The fourth-order valence-electron chi connectivity index (χ4n) is 1.31. The van der Waals surface area contributed by atoms with E-state index in [1.54, 1.807) is 6.07 Å². The third-order valence-corrected chi connectivity index (χ3v) is 3.82. The number of rotatable bonds is 5. The molecule has 1 rings (SSSR count). The van der Waals surface area contributed by atoms with E-state index < -0.39 is 21.6 Å². The van der Waals surface area contributed by atoms with Crippen LogP contribution in [0.25, 0.3) is 0 Å². The van der Waals surface area contributed by atoms with Crippen molar-refractivity contribution in [2.45, 2.75) is 6.42 Å². The number of carbonyl (C=O) groups excluding carboxylic acids is 1. The summed E-state index contributed by atoms with van der Waals surface area (Å²) in [6.45, 7) is 0.192. The Bertz CT molecular complexity index is 545. The number of sulfone groups is 1.